The second-order valence-electron chi connectivity index (χ2n) is 10.4. The van der Waals surface area contributed by atoms with Crippen molar-refractivity contribution in [2.75, 3.05) is 26.3 Å². The number of hydrogen-bond acceptors (Lipinski definition) is 8. The lowest BCUT2D eigenvalue weighted by molar-refractivity contribution is -0.134. The Kier molecular flexibility index (Phi) is 9.97. The molecule has 0 bridgehead atoms. The van der Waals surface area contributed by atoms with E-state index in [0.717, 1.165) is 12.1 Å². The van der Waals surface area contributed by atoms with Gasteiger partial charge < -0.3 is 30.7 Å². The summed E-state index contributed by atoms with van der Waals surface area (Å²) in [7, 11) is 0. The lowest BCUT2D eigenvalue weighted by atomic mass is 9.94. The molecule has 3 amide bonds. The van der Waals surface area contributed by atoms with Gasteiger partial charge in [0.05, 0.1) is 31.8 Å². The van der Waals surface area contributed by atoms with E-state index in [1.54, 1.807) is 38.2 Å². The number of ether oxygens (including phenoxy) is 2. The Labute approximate surface area is 233 Å². The fraction of sp³-hybridized carbons (Fsp3) is 0.483. The summed E-state index contributed by atoms with van der Waals surface area (Å²) in [5.41, 5.74) is 0.525. The Bertz CT molecular complexity index is 1170. The zero-order valence-electron chi connectivity index (χ0n) is 22.9. The van der Waals surface area contributed by atoms with Crippen molar-refractivity contribution >= 4 is 23.5 Å². The maximum atomic E-state index is 13.6. The molecule has 2 aliphatic heterocycles. The van der Waals surface area contributed by atoms with Crippen LogP contribution in [0.2, 0.25) is 0 Å². The van der Waals surface area contributed by atoms with E-state index in [1.807, 2.05) is 30.3 Å². The second-order valence-corrected chi connectivity index (χ2v) is 10.4. The Hall–Kier alpha value is -3.67. The first-order chi connectivity index (χ1) is 19.2. The van der Waals surface area contributed by atoms with E-state index in [1.165, 1.54) is 0 Å². The molecule has 2 saturated heterocycles. The first kappa shape index (κ1) is 29.3. The smallest absolute Gasteiger partial charge is 0.243 e. The minimum absolute atomic E-state index is 0.0979. The number of ketones is 1. The molecule has 4 rings (SSSR count). The van der Waals surface area contributed by atoms with Gasteiger partial charge >= 0.3 is 0 Å². The van der Waals surface area contributed by atoms with Crippen LogP contribution in [0.1, 0.15) is 31.5 Å². The van der Waals surface area contributed by atoms with Crippen molar-refractivity contribution in [3.05, 3.63) is 66.0 Å². The number of morpholine rings is 1. The zero-order valence-corrected chi connectivity index (χ0v) is 22.9. The molecule has 4 N–H and O–H groups in total. The molecular formula is C29H37N5O6. The summed E-state index contributed by atoms with van der Waals surface area (Å²) in [6.45, 7) is 5.37. The monoisotopic (exact) mass is 551 g/mol. The van der Waals surface area contributed by atoms with Crippen LogP contribution in [0.15, 0.2) is 54.7 Å². The molecular weight excluding hydrogens is 514 g/mol. The second kappa shape index (κ2) is 13.6. The Balaban J connectivity index is 1.44. The Morgan fingerprint density at radius 2 is 1.73 bits per heavy atom. The molecule has 214 valence electrons. The van der Waals surface area contributed by atoms with Crippen LogP contribution < -0.4 is 21.3 Å². The van der Waals surface area contributed by atoms with Crippen LogP contribution in [0, 0.1) is 0 Å². The highest BCUT2D eigenvalue weighted by atomic mass is 16.6. The quantitative estimate of drug-likeness (QED) is 0.256. The predicted molar refractivity (Wildman–Crippen MR) is 146 cm³/mol. The highest BCUT2D eigenvalue weighted by Crippen LogP contribution is 2.29. The van der Waals surface area contributed by atoms with Crippen LogP contribution in [0.3, 0.4) is 0 Å². The van der Waals surface area contributed by atoms with Gasteiger partial charge in [0.1, 0.15) is 17.7 Å². The van der Waals surface area contributed by atoms with Gasteiger partial charge in [-0.05, 0) is 38.0 Å². The van der Waals surface area contributed by atoms with Gasteiger partial charge in [0.2, 0.25) is 17.7 Å². The summed E-state index contributed by atoms with van der Waals surface area (Å²) in [5.74, 6) is -1.62. The number of nitrogens with one attached hydrogen (secondary N) is 4. The topological polar surface area (TPSA) is 151 Å². The Morgan fingerprint density at radius 3 is 2.38 bits per heavy atom. The van der Waals surface area contributed by atoms with Gasteiger partial charge in [0.25, 0.3) is 0 Å². The van der Waals surface area contributed by atoms with Crippen molar-refractivity contribution in [1.29, 1.82) is 0 Å². The summed E-state index contributed by atoms with van der Waals surface area (Å²) in [4.78, 5) is 56.7. The van der Waals surface area contributed by atoms with Gasteiger partial charge in [0.15, 0.2) is 5.78 Å². The van der Waals surface area contributed by atoms with Gasteiger partial charge in [-0.1, -0.05) is 36.4 Å². The fourth-order valence-electron chi connectivity index (χ4n) is 4.51. The number of nitrogens with zero attached hydrogens (tertiary/aromatic N) is 1. The number of amides is 3. The summed E-state index contributed by atoms with van der Waals surface area (Å²) in [6, 6.07) is 11.9. The number of benzene rings is 1. The fourth-order valence-corrected chi connectivity index (χ4v) is 4.51. The molecule has 2 aliphatic rings. The molecule has 40 heavy (non-hydrogen) atoms. The minimum Gasteiger partial charge on any atom is -0.375 e. The first-order valence-corrected chi connectivity index (χ1v) is 13.6. The number of pyridine rings is 1. The third-order valence-corrected chi connectivity index (χ3v) is 6.97. The average molecular weight is 552 g/mol. The maximum absolute atomic E-state index is 13.6. The van der Waals surface area contributed by atoms with Crippen molar-refractivity contribution in [2.45, 2.75) is 62.9 Å². The van der Waals surface area contributed by atoms with Gasteiger partial charge in [-0.2, -0.15) is 0 Å². The van der Waals surface area contributed by atoms with E-state index < -0.39 is 35.5 Å². The molecule has 0 aliphatic carbocycles. The molecule has 2 fully saturated rings. The predicted octanol–water partition coefficient (Wildman–Crippen LogP) is 0.0776. The van der Waals surface area contributed by atoms with Crippen LogP contribution in [0.5, 0.6) is 0 Å². The molecule has 2 aromatic rings. The molecule has 0 saturated carbocycles. The van der Waals surface area contributed by atoms with Crippen LogP contribution in [0.25, 0.3) is 0 Å². The van der Waals surface area contributed by atoms with Gasteiger partial charge in [-0.3, -0.25) is 24.2 Å². The van der Waals surface area contributed by atoms with E-state index in [9.17, 15) is 19.2 Å². The molecule has 11 heteroatoms. The number of hydrogen-bond donors (Lipinski definition) is 4. The average Bonchev–Trinajstić information content (AvgIpc) is 3.71. The van der Waals surface area contributed by atoms with Gasteiger partial charge in [0, 0.05) is 31.4 Å². The molecule has 0 spiro atoms. The first-order valence-electron chi connectivity index (χ1n) is 13.6. The van der Waals surface area contributed by atoms with E-state index in [0.29, 0.717) is 25.5 Å². The summed E-state index contributed by atoms with van der Waals surface area (Å²) in [5, 5.41) is 11.4. The molecule has 3 heterocycles. The summed E-state index contributed by atoms with van der Waals surface area (Å²) in [6.07, 6.45) is 1.83. The van der Waals surface area contributed by atoms with E-state index in [-0.39, 0.29) is 37.1 Å². The number of carbonyl (C=O) groups excluding carboxylic acids is 4. The molecule has 1 unspecified atom stereocenters. The van der Waals surface area contributed by atoms with E-state index >= 15 is 0 Å². The maximum Gasteiger partial charge on any atom is 0.243 e. The number of epoxide rings is 1. The molecule has 11 nitrogen and oxygen atoms in total. The largest absolute Gasteiger partial charge is 0.375 e. The summed E-state index contributed by atoms with van der Waals surface area (Å²) < 4.78 is 10.9. The Morgan fingerprint density at radius 1 is 1.00 bits per heavy atom. The zero-order chi connectivity index (χ0) is 28.5. The number of rotatable bonds is 13. The van der Waals surface area contributed by atoms with E-state index in [4.69, 9.17) is 9.47 Å². The van der Waals surface area contributed by atoms with Crippen molar-refractivity contribution in [3.63, 3.8) is 0 Å². The minimum atomic E-state index is -1.04. The highest BCUT2D eigenvalue weighted by molar-refractivity contribution is 5.98. The van der Waals surface area contributed by atoms with Crippen molar-refractivity contribution < 1.29 is 28.7 Å². The van der Waals surface area contributed by atoms with Crippen molar-refractivity contribution in [1.82, 2.24) is 26.3 Å². The SMILES string of the molecule is C[C@H](NC(=O)CC1CNCCO1)C(=O)N[C@@H](Cc1ccccn1)C(=O)N[C@@H](Cc1ccccc1)C(=O)[C@@]1(C)CO1. The van der Waals surface area contributed by atoms with E-state index in [2.05, 4.69) is 26.3 Å². The van der Waals surface area contributed by atoms with Crippen LogP contribution in [-0.2, 0) is 41.5 Å². The molecule has 1 aromatic carbocycles. The van der Waals surface area contributed by atoms with Crippen molar-refractivity contribution in [2.24, 2.45) is 0 Å². The normalized spacial score (nSPS) is 22.3. The van der Waals surface area contributed by atoms with Gasteiger partial charge in [-0.15, -0.1) is 0 Å². The standard InChI is InChI=1S/C29H37N5O6/c1-19(32-25(35)16-22-17-30-12-13-39-22)27(37)34-24(15-21-10-6-7-11-31-21)28(38)33-23(26(36)29(2)18-40-29)14-20-8-4-3-5-9-20/h3-11,19,22-24,30H,12-18H2,1-2H3,(H,32,35)(H,33,38)(H,34,37)/t19-,22?,23-,24-,29+/m0/s1. The summed E-state index contributed by atoms with van der Waals surface area (Å²) >= 11 is 0. The van der Waals surface area contributed by atoms with Crippen molar-refractivity contribution in [3.8, 4) is 0 Å². The van der Waals surface area contributed by atoms with Crippen LogP contribution in [-0.4, -0.2) is 84.6 Å². The highest BCUT2D eigenvalue weighted by Gasteiger charge is 2.50. The van der Waals surface area contributed by atoms with Crippen LogP contribution >= 0.6 is 0 Å². The third-order valence-electron chi connectivity index (χ3n) is 6.97. The molecule has 5 atom stereocenters. The van der Waals surface area contributed by atoms with Gasteiger partial charge in [-0.25, -0.2) is 0 Å². The number of aromatic nitrogens is 1. The van der Waals surface area contributed by atoms with Crippen LogP contribution in [0.4, 0.5) is 0 Å². The third kappa shape index (κ3) is 8.41. The number of Topliss-reactive ketones (excluding diaryl/α,β-unsaturated/α-hetero) is 1. The lowest BCUT2D eigenvalue weighted by Gasteiger charge is -2.26. The lowest BCUT2D eigenvalue weighted by Crippen LogP contribution is -2.57. The number of carbonyl (C=O) groups is 4. The molecule has 0 radical (unpaired) electrons. The molecule has 1 aromatic heterocycles.